The predicted octanol–water partition coefficient (Wildman–Crippen LogP) is 0.136. The summed E-state index contributed by atoms with van der Waals surface area (Å²) < 4.78 is 1.10. The van der Waals surface area contributed by atoms with Crippen molar-refractivity contribution in [2.45, 2.75) is 20.3 Å². The summed E-state index contributed by atoms with van der Waals surface area (Å²) in [7, 11) is 2.26. The first-order valence-corrected chi connectivity index (χ1v) is 4.93. The monoisotopic (exact) mass is 187 g/mol. The van der Waals surface area contributed by atoms with Gasteiger partial charge in [-0.1, -0.05) is 0 Å². The van der Waals surface area contributed by atoms with Gasteiger partial charge in [0.15, 0.2) is 5.96 Å². The van der Waals surface area contributed by atoms with Gasteiger partial charge in [0.2, 0.25) is 0 Å². The summed E-state index contributed by atoms with van der Waals surface area (Å²) in [5.41, 5.74) is 10.5. The number of rotatable bonds is 6. The minimum atomic E-state index is 0.196. The summed E-state index contributed by atoms with van der Waals surface area (Å²) in [5.74, 6) is 0.196. The first kappa shape index (κ1) is 12.2. The molecule has 0 amide bonds. The molecule has 0 fully saturated rings. The molecule has 4 N–H and O–H groups in total. The highest BCUT2D eigenvalue weighted by Gasteiger charge is 2.14. The molecule has 0 radical (unpaired) electrons. The zero-order valence-corrected chi connectivity index (χ0v) is 9.08. The molecule has 0 spiro atoms. The number of nitrogens with zero attached hydrogens (tertiary/aromatic N) is 2. The summed E-state index contributed by atoms with van der Waals surface area (Å²) in [6.07, 6.45) is 1.05. The highest BCUT2D eigenvalue weighted by Crippen LogP contribution is 2.02. The average molecular weight is 187 g/mol. The van der Waals surface area contributed by atoms with Gasteiger partial charge in [-0.25, -0.2) is 0 Å². The van der Waals surface area contributed by atoms with Gasteiger partial charge in [0.1, 0.15) is 0 Å². The molecule has 0 saturated heterocycles. The zero-order valence-electron chi connectivity index (χ0n) is 9.08. The van der Waals surface area contributed by atoms with Crippen molar-refractivity contribution in [2.24, 2.45) is 16.5 Å². The average Bonchev–Trinajstić information content (AvgIpc) is 2.12. The van der Waals surface area contributed by atoms with E-state index in [1.807, 2.05) is 0 Å². The van der Waals surface area contributed by atoms with Crippen LogP contribution in [0, 0.1) is 0 Å². The van der Waals surface area contributed by atoms with Gasteiger partial charge >= 0.3 is 0 Å². The van der Waals surface area contributed by atoms with E-state index in [9.17, 15) is 0 Å². The predicted molar refractivity (Wildman–Crippen MR) is 57.4 cm³/mol. The Labute approximate surface area is 81.2 Å². The highest BCUT2D eigenvalue weighted by molar-refractivity contribution is 5.75. The van der Waals surface area contributed by atoms with Crippen molar-refractivity contribution in [1.29, 1.82) is 0 Å². The number of quaternary nitrogens is 1. The van der Waals surface area contributed by atoms with E-state index in [1.54, 1.807) is 0 Å². The molecule has 0 aliphatic rings. The second-order valence-corrected chi connectivity index (χ2v) is 3.64. The normalized spacial score (nSPS) is 11.3. The maximum absolute atomic E-state index is 5.23. The Bertz CT molecular complexity index is 157. The molecular weight excluding hydrogens is 164 g/mol. The van der Waals surface area contributed by atoms with E-state index in [4.69, 9.17) is 11.5 Å². The molecule has 78 valence electrons. The number of aliphatic imine (C=N–C) groups is 1. The molecule has 0 bridgehead atoms. The fraction of sp³-hybridized carbons (Fsp3) is 0.889. The van der Waals surface area contributed by atoms with E-state index in [0.29, 0.717) is 0 Å². The minimum absolute atomic E-state index is 0.196. The second kappa shape index (κ2) is 5.80. The molecule has 0 heterocycles. The lowest BCUT2D eigenvalue weighted by molar-refractivity contribution is -0.906. The van der Waals surface area contributed by atoms with Gasteiger partial charge < -0.3 is 16.0 Å². The van der Waals surface area contributed by atoms with Gasteiger partial charge in [-0.3, -0.25) is 4.99 Å². The molecule has 4 nitrogen and oxygen atoms in total. The van der Waals surface area contributed by atoms with Crippen molar-refractivity contribution in [3.05, 3.63) is 0 Å². The molecule has 0 aromatic rings. The number of hydrogen-bond donors (Lipinski definition) is 2. The van der Waals surface area contributed by atoms with Gasteiger partial charge in [-0.15, -0.1) is 0 Å². The van der Waals surface area contributed by atoms with E-state index in [-0.39, 0.29) is 5.96 Å². The van der Waals surface area contributed by atoms with Crippen LogP contribution in [0.3, 0.4) is 0 Å². The Hall–Kier alpha value is -0.770. The maximum atomic E-state index is 5.23. The van der Waals surface area contributed by atoms with Crippen molar-refractivity contribution < 1.29 is 4.48 Å². The Kier molecular flexibility index (Phi) is 5.46. The number of guanidine groups is 1. The third kappa shape index (κ3) is 5.47. The summed E-state index contributed by atoms with van der Waals surface area (Å²) >= 11 is 0. The molecule has 13 heavy (non-hydrogen) atoms. The van der Waals surface area contributed by atoms with Crippen molar-refractivity contribution in [1.82, 2.24) is 0 Å². The van der Waals surface area contributed by atoms with Crippen LogP contribution in [-0.2, 0) is 0 Å². The minimum Gasteiger partial charge on any atom is -0.370 e. The lowest BCUT2D eigenvalue weighted by atomic mass is 10.3. The smallest absolute Gasteiger partial charge is 0.185 e. The van der Waals surface area contributed by atoms with E-state index in [1.165, 1.54) is 13.1 Å². The maximum Gasteiger partial charge on any atom is 0.185 e. The van der Waals surface area contributed by atoms with Crippen LogP contribution in [0.1, 0.15) is 20.3 Å². The lowest BCUT2D eigenvalue weighted by Crippen LogP contribution is -2.44. The van der Waals surface area contributed by atoms with Crippen LogP contribution < -0.4 is 11.5 Å². The van der Waals surface area contributed by atoms with E-state index in [0.717, 1.165) is 24.0 Å². The molecule has 0 aromatic heterocycles. The van der Waals surface area contributed by atoms with Crippen molar-refractivity contribution in [2.75, 3.05) is 33.2 Å². The fourth-order valence-corrected chi connectivity index (χ4v) is 1.20. The van der Waals surface area contributed by atoms with Gasteiger partial charge in [-0.2, -0.15) is 0 Å². The van der Waals surface area contributed by atoms with Crippen LogP contribution in [0.4, 0.5) is 0 Å². The van der Waals surface area contributed by atoms with E-state index in [2.05, 4.69) is 25.9 Å². The standard InChI is InChI=1S/C9H23N4/c1-4-13(3,5-2)8-6-7-12-9(10)11/h4-8H2,1-3H3,(H4,10,11,12)/q+1. The van der Waals surface area contributed by atoms with Gasteiger partial charge in [0, 0.05) is 13.0 Å². The Morgan fingerprint density at radius 3 is 2.15 bits per heavy atom. The van der Waals surface area contributed by atoms with Gasteiger partial charge in [0.05, 0.1) is 26.7 Å². The Balaban J connectivity index is 3.68. The molecule has 4 heteroatoms. The van der Waals surface area contributed by atoms with Crippen molar-refractivity contribution >= 4 is 5.96 Å². The van der Waals surface area contributed by atoms with Crippen LogP contribution in [-0.4, -0.2) is 43.7 Å². The van der Waals surface area contributed by atoms with Gasteiger partial charge in [-0.05, 0) is 13.8 Å². The quantitative estimate of drug-likeness (QED) is 0.269. The third-order valence-electron chi connectivity index (χ3n) is 2.68. The molecule has 0 atom stereocenters. The Morgan fingerprint density at radius 2 is 1.77 bits per heavy atom. The summed E-state index contributed by atoms with van der Waals surface area (Å²) in [6, 6.07) is 0. The highest BCUT2D eigenvalue weighted by atomic mass is 15.3. The zero-order chi connectivity index (χ0) is 10.3. The molecule has 0 aromatic carbocycles. The van der Waals surface area contributed by atoms with E-state index >= 15 is 0 Å². The largest absolute Gasteiger partial charge is 0.370 e. The molecule has 0 rings (SSSR count). The molecule has 0 aliphatic heterocycles. The van der Waals surface area contributed by atoms with Crippen LogP contribution in [0.15, 0.2) is 4.99 Å². The molecule has 0 unspecified atom stereocenters. The van der Waals surface area contributed by atoms with Gasteiger partial charge in [0.25, 0.3) is 0 Å². The first-order chi connectivity index (χ1) is 6.04. The fourth-order valence-electron chi connectivity index (χ4n) is 1.20. The molecule has 0 aliphatic carbocycles. The van der Waals surface area contributed by atoms with Crippen molar-refractivity contribution in [3.8, 4) is 0 Å². The van der Waals surface area contributed by atoms with E-state index < -0.39 is 0 Å². The third-order valence-corrected chi connectivity index (χ3v) is 2.68. The first-order valence-electron chi connectivity index (χ1n) is 4.93. The SMILES string of the molecule is CC[N+](C)(CC)CCCN=C(N)N. The van der Waals surface area contributed by atoms with Crippen molar-refractivity contribution in [3.63, 3.8) is 0 Å². The lowest BCUT2D eigenvalue weighted by Gasteiger charge is -2.31. The van der Waals surface area contributed by atoms with Crippen LogP contribution >= 0.6 is 0 Å². The van der Waals surface area contributed by atoms with Crippen LogP contribution in [0.5, 0.6) is 0 Å². The van der Waals surface area contributed by atoms with Crippen LogP contribution in [0.25, 0.3) is 0 Å². The number of nitrogens with two attached hydrogens (primary N) is 2. The summed E-state index contributed by atoms with van der Waals surface area (Å²) in [4.78, 5) is 3.96. The topological polar surface area (TPSA) is 64.4 Å². The summed E-state index contributed by atoms with van der Waals surface area (Å²) in [5, 5.41) is 0. The Morgan fingerprint density at radius 1 is 1.23 bits per heavy atom. The molecular formula is C9H23N4+. The molecule has 0 saturated carbocycles. The second-order valence-electron chi connectivity index (χ2n) is 3.64. The summed E-state index contributed by atoms with van der Waals surface area (Å²) in [6.45, 7) is 8.64. The van der Waals surface area contributed by atoms with Crippen LogP contribution in [0.2, 0.25) is 0 Å². The number of hydrogen-bond acceptors (Lipinski definition) is 1.